The van der Waals surface area contributed by atoms with Crippen LogP contribution in [0.15, 0.2) is 0 Å². The number of rotatable bonds is 6. The fraction of sp³-hybridized carbons (Fsp3) is 0.889. The van der Waals surface area contributed by atoms with E-state index in [4.69, 9.17) is 43.5 Å². The maximum absolute atomic E-state index is 12.3. The fourth-order valence-corrected chi connectivity index (χ4v) is 5.66. The van der Waals surface area contributed by atoms with Crippen molar-refractivity contribution in [1.82, 2.24) is 0 Å². The lowest BCUT2D eigenvalue weighted by atomic mass is 9.85. The molecule has 0 bridgehead atoms. The van der Waals surface area contributed by atoms with Crippen molar-refractivity contribution in [2.24, 2.45) is 17.8 Å². The number of ether oxygens (including phenoxy) is 3. The molecule has 4 rings (SSSR count). The molecule has 3 spiro atoms. The molecular weight excluding hydrogens is 516 g/mol. The molecule has 0 N–H and O–H groups in total. The summed E-state index contributed by atoms with van der Waals surface area (Å²) in [6.07, 6.45) is 4.68. The topological polar surface area (TPSA) is 134 Å². The van der Waals surface area contributed by atoms with E-state index in [1.165, 1.54) is 0 Å². The molecule has 0 radical (unpaired) electrons. The first-order chi connectivity index (χ1) is 18.8. The van der Waals surface area contributed by atoms with Crippen LogP contribution in [0.5, 0.6) is 0 Å². The van der Waals surface area contributed by atoms with Gasteiger partial charge in [0.1, 0.15) is 0 Å². The Hall–Kier alpha value is -1.83. The van der Waals surface area contributed by atoms with Crippen molar-refractivity contribution in [3.63, 3.8) is 0 Å². The van der Waals surface area contributed by atoms with Gasteiger partial charge in [-0.1, -0.05) is 0 Å². The zero-order valence-electron chi connectivity index (χ0n) is 23.2. The minimum Gasteiger partial charge on any atom is -0.466 e. The second kappa shape index (κ2) is 13.2. The molecule has 0 aromatic heterocycles. The van der Waals surface area contributed by atoms with Gasteiger partial charge >= 0.3 is 17.9 Å². The van der Waals surface area contributed by atoms with Gasteiger partial charge in [-0.3, -0.25) is 14.4 Å². The van der Waals surface area contributed by atoms with Gasteiger partial charge < -0.3 is 14.2 Å². The lowest BCUT2D eigenvalue weighted by Gasteiger charge is -2.39. The third kappa shape index (κ3) is 7.28. The smallest absolute Gasteiger partial charge is 0.308 e. The summed E-state index contributed by atoms with van der Waals surface area (Å²) < 4.78 is 15.6. The summed E-state index contributed by atoms with van der Waals surface area (Å²) in [6, 6.07) is 0. The largest absolute Gasteiger partial charge is 0.466 e. The van der Waals surface area contributed by atoms with Crippen LogP contribution in [0, 0.1) is 17.8 Å². The van der Waals surface area contributed by atoms with Gasteiger partial charge in [-0.15, -0.1) is 0 Å². The van der Waals surface area contributed by atoms with E-state index in [1.807, 2.05) is 0 Å². The fourth-order valence-electron chi connectivity index (χ4n) is 5.66. The van der Waals surface area contributed by atoms with Crippen LogP contribution in [0.4, 0.5) is 0 Å². The van der Waals surface area contributed by atoms with Gasteiger partial charge in [0.2, 0.25) is 17.4 Å². The third-order valence-corrected chi connectivity index (χ3v) is 8.14. The van der Waals surface area contributed by atoms with Crippen LogP contribution < -0.4 is 0 Å². The summed E-state index contributed by atoms with van der Waals surface area (Å²) in [7, 11) is 0. The van der Waals surface area contributed by atoms with E-state index >= 15 is 0 Å². The molecule has 1 heterocycles. The highest BCUT2D eigenvalue weighted by Gasteiger charge is 2.53. The van der Waals surface area contributed by atoms with E-state index in [-0.39, 0.29) is 35.7 Å². The number of esters is 3. The van der Waals surface area contributed by atoms with E-state index < -0.39 is 17.4 Å². The quantitative estimate of drug-likeness (QED) is 0.263. The molecule has 0 atom stereocenters. The molecule has 0 unspecified atom stereocenters. The van der Waals surface area contributed by atoms with Gasteiger partial charge in [-0.05, 0) is 59.3 Å². The van der Waals surface area contributed by atoms with Crippen LogP contribution >= 0.6 is 0 Å². The maximum Gasteiger partial charge on any atom is 0.308 e. The molecule has 0 aromatic rings. The molecule has 4 aliphatic rings. The van der Waals surface area contributed by atoms with E-state index in [0.717, 1.165) is 0 Å². The molecular formula is C27H42O12. The predicted molar refractivity (Wildman–Crippen MR) is 130 cm³/mol. The molecule has 1 saturated heterocycles. The Morgan fingerprint density at radius 3 is 0.872 bits per heavy atom. The first kappa shape index (κ1) is 30.1. The molecule has 1 aliphatic heterocycles. The van der Waals surface area contributed by atoms with E-state index in [2.05, 4.69) is 0 Å². The van der Waals surface area contributed by atoms with Crippen LogP contribution in [-0.4, -0.2) is 55.1 Å². The van der Waals surface area contributed by atoms with Crippen molar-refractivity contribution >= 4 is 17.9 Å². The number of carbonyl (C=O) groups is 3. The molecule has 12 heteroatoms. The molecule has 4 fully saturated rings. The number of carbonyl (C=O) groups excluding carboxylic acids is 3. The first-order valence-electron chi connectivity index (χ1n) is 14.4. The van der Waals surface area contributed by atoms with Gasteiger partial charge in [0.05, 0.1) is 37.6 Å². The maximum atomic E-state index is 12.3. The van der Waals surface area contributed by atoms with Crippen molar-refractivity contribution in [2.75, 3.05) is 19.8 Å². The summed E-state index contributed by atoms with van der Waals surface area (Å²) in [4.78, 5) is 72.6. The summed E-state index contributed by atoms with van der Waals surface area (Å²) in [5.74, 6) is -5.44. The molecule has 222 valence electrons. The molecule has 12 nitrogen and oxygen atoms in total. The Bertz CT molecular complexity index is 708. The molecule has 3 aliphatic carbocycles. The van der Waals surface area contributed by atoms with Gasteiger partial charge in [0.15, 0.2) is 0 Å². The average molecular weight is 559 g/mol. The Labute approximate surface area is 228 Å². The lowest BCUT2D eigenvalue weighted by Crippen LogP contribution is -2.46. The predicted octanol–water partition coefficient (Wildman–Crippen LogP) is 4.19. The normalized spacial score (nSPS) is 37.5. The minimum absolute atomic E-state index is 0.244. The molecule has 0 amide bonds. The van der Waals surface area contributed by atoms with Crippen molar-refractivity contribution in [1.29, 1.82) is 0 Å². The van der Waals surface area contributed by atoms with Crippen LogP contribution in [-0.2, 0) is 57.9 Å². The Morgan fingerprint density at radius 1 is 0.487 bits per heavy atom. The summed E-state index contributed by atoms with van der Waals surface area (Å²) in [6.45, 7) is 6.29. The van der Waals surface area contributed by atoms with Crippen LogP contribution in [0.2, 0.25) is 0 Å². The van der Waals surface area contributed by atoms with Gasteiger partial charge in [0, 0.05) is 38.5 Å². The lowest BCUT2D eigenvalue weighted by molar-refractivity contribution is -0.556. The summed E-state index contributed by atoms with van der Waals surface area (Å²) in [5, 5.41) is 0. The van der Waals surface area contributed by atoms with E-state index in [1.54, 1.807) is 20.8 Å². The first-order valence-corrected chi connectivity index (χ1v) is 14.4. The minimum atomic E-state index is -1.30. The van der Waals surface area contributed by atoms with Crippen LogP contribution in [0.25, 0.3) is 0 Å². The standard InChI is InChI=1S/C27H42O12/c1-4-31-22(28)19-7-13-25(14-8-19)34-36-26(15-9-20(10-16-26)23(29)32-5-2)38-39-27(37-35-25)17-11-21(12-18-27)24(30)33-6-3/h19-21H,4-18H2,1-3H3. The Kier molecular flexibility index (Phi) is 10.2. The zero-order valence-corrected chi connectivity index (χ0v) is 23.2. The molecule has 39 heavy (non-hydrogen) atoms. The van der Waals surface area contributed by atoms with Crippen LogP contribution in [0.1, 0.15) is 97.8 Å². The third-order valence-electron chi connectivity index (χ3n) is 8.14. The molecule has 3 saturated carbocycles. The number of hydrogen-bond donors (Lipinski definition) is 0. The molecule has 0 aromatic carbocycles. The summed E-state index contributed by atoms with van der Waals surface area (Å²) in [5.41, 5.74) is 0. The van der Waals surface area contributed by atoms with Crippen LogP contribution in [0.3, 0.4) is 0 Å². The Morgan fingerprint density at radius 2 is 0.692 bits per heavy atom. The van der Waals surface area contributed by atoms with E-state index in [9.17, 15) is 14.4 Å². The second-order valence-electron chi connectivity index (χ2n) is 10.8. The van der Waals surface area contributed by atoms with Gasteiger partial charge in [0.25, 0.3) is 0 Å². The van der Waals surface area contributed by atoms with Crippen molar-refractivity contribution in [3.8, 4) is 0 Å². The highest BCUT2D eigenvalue weighted by molar-refractivity contribution is 5.73. The van der Waals surface area contributed by atoms with Crippen molar-refractivity contribution < 1.29 is 57.9 Å². The highest BCUT2D eigenvalue weighted by atomic mass is 17.4. The second-order valence-corrected chi connectivity index (χ2v) is 10.8. The van der Waals surface area contributed by atoms with Gasteiger partial charge in [-0.25, -0.2) is 0 Å². The number of hydrogen-bond acceptors (Lipinski definition) is 12. The zero-order chi connectivity index (χ0) is 27.9. The van der Waals surface area contributed by atoms with Crippen molar-refractivity contribution in [2.45, 2.75) is 115 Å². The van der Waals surface area contributed by atoms with Gasteiger partial charge in [-0.2, -0.15) is 29.3 Å². The monoisotopic (exact) mass is 558 g/mol. The average Bonchev–Trinajstić information content (AvgIpc) is 3.00. The SMILES string of the molecule is CCOC(=O)C1CCC2(CC1)OOC1(CCC(C(=O)OCC)CC1)OOC1(CCC(C(=O)OCC)CC1)OO2. The Balaban J connectivity index is 1.49. The van der Waals surface area contributed by atoms with Crippen molar-refractivity contribution in [3.05, 3.63) is 0 Å². The highest BCUT2D eigenvalue weighted by Crippen LogP contribution is 2.47. The van der Waals surface area contributed by atoms with E-state index in [0.29, 0.717) is 96.9 Å². The summed E-state index contributed by atoms with van der Waals surface area (Å²) >= 11 is 0.